The SMILES string of the molecule is O=C(NCCCl)NNc1ccnc2cc(Cl)ccc12. The van der Waals surface area contributed by atoms with Crippen LogP contribution in [0.3, 0.4) is 0 Å². The smallest absolute Gasteiger partial charge is 0.333 e. The molecule has 0 aliphatic carbocycles. The summed E-state index contributed by atoms with van der Waals surface area (Å²) in [5, 5.41) is 4.06. The van der Waals surface area contributed by atoms with E-state index in [0.29, 0.717) is 17.4 Å². The van der Waals surface area contributed by atoms with Crippen LogP contribution in [0.1, 0.15) is 0 Å². The van der Waals surface area contributed by atoms with Gasteiger partial charge >= 0.3 is 6.03 Å². The number of hydrazine groups is 1. The van der Waals surface area contributed by atoms with E-state index in [9.17, 15) is 4.79 Å². The minimum atomic E-state index is -0.348. The molecular weight excluding hydrogens is 287 g/mol. The van der Waals surface area contributed by atoms with Gasteiger partial charge in [0.2, 0.25) is 0 Å². The first-order valence-corrected chi connectivity index (χ1v) is 6.52. The number of nitrogens with one attached hydrogen (secondary N) is 3. The Kier molecular flexibility index (Phi) is 4.65. The van der Waals surface area contributed by atoms with Gasteiger partial charge in [-0.15, -0.1) is 11.6 Å². The fourth-order valence-electron chi connectivity index (χ4n) is 1.56. The minimum Gasteiger partial charge on any atom is -0.336 e. The molecular formula is C12H12Cl2N4O. The number of hydrogen-bond acceptors (Lipinski definition) is 3. The highest BCUT2D eigenvalue weighted by Gasteiger charge is 2.03. The molecule has 1 aromatic heterocycles. The third-order valence-electron chi connectivity index (χ3n) is 2.40. The van der Waals surface area contributed by atoms with Gasteiger partial charge in [-0.2, -0.15) is 0 Å². The van der Waals surface area contributed by atoms with E-state index >= 15 is 0 Å². The Morgan fingerprint density at radius 1 is 1.32 bits per heavy atom. The number of carbonyl (C=O) groups is 1. The molecule has 2 amide bonds. The number of rotatable bonds is 4. The van der Waals surface area contributed by atoms with Crippen LogP contribution in [0.15, 0.2) is 30.5 Å². The van der Waals surface area contributed by atoms with Crippen molar-refractivity contribution >= 4 is 45.8 Å². The molecule has 19 heavy (non-hydrogen) atoms. The molecule has 0 radical (unpaired) electrons. The zero-order valence-corrected chi connectivity index (χ0v) is 11.4. The van der Waals surface area contributed by atoms with Crippen LogP contribution in [0.4, 0.5) is 10.5 Å². The van der Waals surface area contributed by atoms with E-state index in [4.69, 9.17) is 23.2 Å². The molecule has 7 heteroatoms. The van der Waals surface area contributed by atoms with Crippen LogP contribution in [0, 0.1) is 0 Å². The first-order chi connectivity index (χ1) is 9.20. The number of carbonyl (C=O) groups excluding carboxylic acids is 1. The highest BCUT2D eigenvalue weighted by atomic mass is 35.5. The first kappa shape index (κ1) is 13.7. The van der Waals surface area contributed by atoms with Gasteiger partial charge in [0, 0.05) is 29.0 Å². The summed E-state index contributed by atoms with van der Waals surface area (Å²) in [6.45, 7) is 0.405. The number of nitrogens with zero attached hydrogens (tertiary/aromatic N) is 1. The van der Waals surface area contributed by atoms with Crippen molar-refractivity contribution in [2.45, 2.75) is 0 Å². The maximum Gasteiger partial charge on any atom is 0.333 e. The predicted molar refractivity (Wildman–Crippen MR) is 77.6 cm³/mol. The second kappa shape index (κ2) is 6.45. The molecule has 0 aliphatic rings. The first-order valence-electron chi connectivity index (χ1n) is 5.61. The summed E-state index contributed by atoms with van der Waals surface area (Å²) in [5.74, 6) is 0.365. The summed E-state index contributed by atoms with van der Waals surface area (Å²) in [4.78, 5) is 15.6. The summed E-state index contributed by atoms with van der Waals surface area (Å²) in [5.41, 5.74) is 6.84. The number of hydrogen-bond donors (Lipinski definition) is 3. The van der Waals surface area contributed by atoms with Gasteiger partial charge in [-0.1, -0.05) is 11.6 Å². The lowest BCUT2D eigenvalue weighted by Gasteiger charge is -2.11. The van der Waals surface area contributed by atoms with Gasteiger partial charge in [-0.05, 0) is 24.3 Å². The van der Waals surface area contributed by atoms with Gasteiger partial charge in [-0.25, -0.2) is 4.79 Å². The molecule has 0 aliphatic heterocycles. The van der Waals surface area contributed by atoms with Crippen LogP contribution in [0.2, 0.25) is 5.02 Å². The molecule has 2 aromatic rings. The van der Waals surface area contributed by atoms with Crippen LogP contribution >= 0.6 is 23.2 Å². The van der Waals surface area contributed by atoms with E-state index in [-0.39, 0.29) is 6.03 Å². The third-order valence-corrected chi connectivity index (χ3v) is 2.82. The number of fused-ring (bicyclic) bond motifs is 1. The van der Waals surface area contributed by atoms with Crippen molar-refractivity contribution in [3.05, 3.63) is 35.5 Å². The van der Waals surface area contributed by atoms with Gasteiger partial charge in [0.15, 0.2) is 0 Å². The Labute approximate surface area is 120 Å². The van der Waals surface area contributed by atoms with Gasteiger partial charge in [0.05, 0.1) is 11.2 Å². The van der Waals surface area contributed by atoms with E-state index in [0.717, 1.165) is 16.6 Å². The predicted octanol–water partition coefficient (Wildman–Crippen LogP) is 2.75. The largest absolute Gasteiger partial charge is 0.336 e. The van der Waals surface area contributed by atoms with Crippen LogP contribution in [0.25, 0.3) is 10.9 Å². The topological polar surface area (TPSA) is 66.1 Å². The van der Waals surface area contributed by atoms with Gasteiger partial charge in [0.1, 0.15) is 0 Å². The molecule has 0 fully saturated rings. The summed E-state index contributed by atoms with van der Waals surface area (Å²) in [6, 6.07) is 6.78. The van der Waals surface area contributed by atoms with E-state index in [1.54, 1.807) is 24.4 Å². The summed E-state index contributed by atoms with van der Waals surface area (Å²) >= 11 is 11.4. The number of pyridine rings is 1. The maximum atomic E-state index is 11.4. The number of halogens is 2. The summed E-state index contributed by atoms with van der Waals surface area (Å²) in [6.07, 6.45) is 1.64. The molecule has 0 saturated heterocycles. The van der Waals surface area contributed by atoms with Crippen molar-refractivity contribution in [3.63, 3.8) is 0 Å². The van der Waals surface area contributed by atoms with Crippen molar-refractivity contribution in [2.24, 2.45) is 0 Å². The molecule has 0 saturated carbocycles. The van der Waals surface area contributed by atoms with Crippen molar-refractivity contribution in [3.8, 4) is 0 Å². The number of anilines is 1. The van der Waals surface area contributed by atoms with E-state index in [1.165, 1.54) is 0 Å². The average Bonchev–Trinajstić information content (AvgIpc) is 2.42. The number of benzene rings is 1. The Balaban J connectivity index is 2.10. The molecule has 100 valence electrons. The lowest BCUT2D eigenvalue weighted by Crippen LogP contribution is -2.39. The highest BCUT2D eigenvalue weighted by molar-refractivity contribution is 6.31. The Bertz CT molecular complexity index is 591. The van der Waals surface area contributed by atoms with E-state index in [1.807, 2.05) is 6.07 Å². The van der Waals surface area contributed by atoms with Crippen molar-refractivity contribution in [1.82, 2.24) is 15.7 Å². The molecule has 1 heterocycles. The number of amides is 2. The molecule has 0 unspecified atom stereocenters. The Hall–Kier alpha value is -1.72. The van der Waals surface area contributed by atoms with Crippen molar-refractivity contribution in [1.29, 1.82) is 0 Å². The van der Waals surface area contributed by atoms with Crippen LogP contribution in [-0.4, -0.2) is 23.4 Å². The molecule has 0 bridgehead atoms. The second-order valence-electron chi connectivity index (χ2n) is 3.71. The maximum absolute atomic E-state index is 11.4. The molecule has 3 N–H and O–H groups in total. The monoisotopic (exact) mass is 298 g/mol. The fourth-order valence-corrected chi connectivity index (χ4v) is 1.82. The summed E-state index contributed by atoms with van der Waals surface area (Å²) < 4.78 is 0. The van der Waals surface area contributed by atoms with Gasteiger partial charge in [0.25, 0.3) is 0 Å². The number of alkyl halides is 1. The number of aromatic nitrogens is 1. The molecule has 2 rings (SSSR count). The summed E-state index contributed by atoms with van der Waals surface area (Å²) in [7, 11) is 0. The molecule has 0 atom stereocenters. The Morgan fingerprint density at radius 2 is 2.16 bits per heavy atom. The normalized spacial score (nSPS) is 10.2. The fraction of sp³-hybridized carbons (Fsp3) is 0.167. The quantitative estimate of drug-likeness (QED) is 0.601. The standard InChI is InChI=1S/C12H12Cl2N4O/c13-4-6-16-12(19)18-17-10-3-5-15-11-7-8(14)1-2-9(10)11/h1-3,5,7H,4,6H2,(H,15,17)(H2,16,18,19). The van der Waals surface area contributed by atoms with Crippen LogP contribution in [-0.2, 0) is 0 Å². The van der Waals surface area contributed by atoms with Gasteiger partial charge in [-0.3, -0.25) is 15.8 Å². The van der Waals surface area contributed by atoms with Gasteiger partial charge < -0.3 is 5.32 Å². The van der Waals surface area contributed by atoms with Crippen molar-refractivity contribution < 1.29 is 4.79 Å². The third kappa shape index (κ3) is 3.62. The number of urea groups is 1. The Morgan fingerprint density at radius 3 is 2.95 bits per heavy atom. The second-order valence-corrected chi connectivity index (χ2v) is 4.53. The zero-order valence-electron chi connectivity index (χ0n) is 9.91. The van der Waals surface area contributed by atoms with Crippen molar-refractivity contribution in [2.75, 3.05) is 17.9 Å². The van der Waals surface area contributed by atoms with Crippen LogP contribution < -0.4 is 16.2 Å². The molecule has 5 nitrogen and oxygen atoms in total. The average molecular weight is 299 g/mol. The lowest BCUT2D eigenvalue weighted by molar-refractivity contribution is 0.243. The zero-order chi connectivity index (χ0) is 13.7. The lowest BCUT2D eigenvalue weighted by atomic mass is 10.2. The molecule has 1 aromatic carbocycles. The van der Waals surface area contributed by atoms with E-state index < -0.39 is 0 Å². The van der Waals surface area contributed by atoms with Crippen LogP contribution in [0.5, 0.6) is 0 Å². The minimum absolute atomic E-state index is 0.348. The molecule has 0 spiro atoms. The highest BCUT2D eigenvalue weighted by Crippen LogP contribution is 2.23. The van der Waals surface area contributed by atoms with E-state index in [2.05, 4.69) is 21.2 Å².